The summed E-state index contributed by atoms with van der Waals surface area (Å²) < 4.78 is 10.4. The van der Waals surface area contributed by atoms with E-state index in [0.717, 1.165) is 0 Å². The number of nitrogens with one attached hydrogen (secondary N) is 3. The molecule has 0 saturated heterocycles. The highest BCUT2D eigenvalue weighted by molar-refractivity contribution is 5.99. The molecule has 0 aliphatic carbocycles. The molecule has 0 aliphatic heterocycles. The topological polar surface area (TPSA) is 106 Å². The SMILES string of the molecule is CCOc1ccc(C(=O)NNC(=O)[C@@H](NC(=O)c2ccc(OC)cc2)C(C)C)cc1. The van der Waals surface area contributed by atoms with Crippen molar-refractivity contribution in [1.29, 1.82) is 0 Å². The zero-order valence-corrected chi connectivity index (χ0v) is 17.5. The molecule has 0 aliphatic rings. The molecule has 3 N–H and O–H groups in total. The van der Waals surface area contributed by atoms with Crippen LogP contribution >= 0.6 is 0 Å². The summed E-state index contributed by atoms with van der Waals surface area (Å²) in [5, 5.41) is 2.70. The number of carbonyl (C=O) groups is 3. The van der Waals surface area contributed by atoms with Crippen LogP contribution in [0.1, 0.15) is 41.5 Å². The Balaban J connectivity index is 1.95. The second kappa shape index (κ2) is 10.8. The molecule has 0 saturated carbocycles. The first-order valence-corrected chi connectivity index (χ1v) is 9.63. The van der Waals surface area contributed by atoms with E-state index in [1.54, 1.807) is 62.4 Å². The van der Waals surface area contributed by atoms with Crippen molar-refractivity contribution in [2.24, 2.45) is 5.92 Å². The van der Waals surface area contributed by atoms with Gasteiger partial charge in [-0.25, -0.2) is 0 Å². The Morgan fingerprint density at radius 3 is 1.87 bits per heavy atom. The molecular weight excluding hydrogens is 386 g/mol. The molecule has 0 bridgehead atoms. The van der Waals surface area contributed by atoms with E-state index in [0.29, 0.717) is 29.2 Å². The van der Waals surface area contributed by atoms with Crippen molar-refractivity contribution < 1.29 is 23.9 Å². The van der Waals surface area contributed by atoms with Crippen LogP contribution < -0.4 is 25.6 Å². The van der Waals surface area contributed by atoms with Crippen LogP contribution in [0.3, 0.4) is 0 Å². The quantitative estimate of drug-likeness (QED) is 0.576. The number of ether oxygens (including phenoxy) is 2. The molecular formula is C22H27N3O5. The highest BCUT2D eigenvalue weighted by Gasteiger charge is 2.25. The van der Waals surface area contributed by atoms with Crippen LogP contribution in [0.5, 0.6) is 11.5 Å². The van der Waals surface area contributed by atoms with E-state index in [9.17, 15) is 14.4 Å². The van der Waals surface area contributed by atoms with Crippen LogP contribution in [-0.2, 0) is 4.79 Å². The predicted molar refractivity (Wildman–Crippen MR) is 112 cm³/mol. The van der Waals surface area contributed by atoms with Crippen molar-refractivity contribution >= 4 is 17.7 Å². The average molecular weight is 413 g/mol. The lowest BCUT2D eigenvalue weighted by Gasteiger charge is -2.22. The number of amides is 3. The Kier molecular flexibility index (Phi) is 8.22. The summed E-state index contributed by atoms with van der Waals surface area (Å²) in [6.07, 6.45) is 0. The highest BCUT2D eigenvalue weighted by atomic mass is 16.5. The summed E-state index contributed by atoms with van der Waals surface area (Å²) in [6, 6.07) is 12.2. The Bertz CT molecular complexity index is 863. The third kappa shape index (κ3) is 6.23. The van der Waals surface area contributed by atoms with E-state index in [2.05, 4.69) is 16.2 Å². The van der Waals surface area contributed by atoms with Crippen molar-refractivity contribution in [3.8, 4) is 11.5 Å². The zero-order chi connectivity index (χ0) is 22.1. The third-order valence-electron chi connectivity index (χ3n) is 4.31. The number of carbonyl (C=O) groups excluding carboxylic acids is 3. The first kappa shape index (κ1) is 22.7. The second-order valence-corrected chi connectivity index (χ2v) is 6.82. The van der Waals surface area contributed by atoms with E-state index >= 15 is 0 Å². The predicted octanol–water partition coefficient (Wildman–Crippen LogP) is 2.31. The first-order chi connectivity index (χ1) is 14.3. The van der Waals surface area contributed by atoms with Crippen molar-refractivity contribution in [3.63, 3.8) is 0 Å². The molecule has 2 aromatic rings. The minimum atomic E-state index is -0.833. The molecule has 160 valence electrons. The minimum Gasteiger partial charge on any atom is -0.497 e. The smallest absolute Gasteiger partial charge is 0.269 e. The Morgan fingerprint density at radius 1 is 0.833 bits per heavy atom. The molecule has 1 atom stereocenters. The number of rotatable bonds is 8. The van der Waals surface area contributed by atoms with Gasteiger partial charge in [0.25, 0.3) is 17.7 Å². The van der Waals surface area contributed by atoms with E-state index < -0.39 is 23.8 Å². The molecule has 0 unspecified atom stereocenters. The maximum Gasteiger partial charge on any atom is 0.269 e. The summed E-state index contributed by atoms with van der Waals surface area (Å²) >= 11 is 0. The second-order valence-electron chi connectivity index (χ2n) is 6.82. The fraction of sp³-hybridized carbons (Fsp3) is 0.318. The first-order valence-electron chi connectivity index (χ1n) is 9.63. The molecule has 2 aromatic carbocycles. The maximum atomic E-state index is 12.5. The molecule has 0 fully saturated rings. The number of benzene rings is 2. The monoisotopic (exact) mass is 413 g/mol. The van der Waals surface area contributed by atoms with Gasteiger partial charge >= 0.3 is 0 Å². The molecule has 0 spiro atoms. The van der Waals surface area contributed by atoms with Crippen LogP contribution in [0, 0.1) is 5.92 Å². The van der Waals surface area contributed by atoms with Crippen molar-refractivity contribution in [3.05, 3.63) is 59.7 Å². The lowest BCUT2D eigenvalue weighted by Crippen LogP contribution is -2.54. The lowest BCUT2D eigenvalue weighted by atomic mass is 10.0. The van der Waals surface area contributed by atoms with Crippen LogP contribution in [0.15, 0.2) is 48.5 Å². The van der Waals surface area contributed by atoms with E-state index in [1.165, 1.54) is 7.11 Å². The number of methoxy groups -OCH3 is 1. The largest absolute Gasteiger partial charge is 0.497 e. The molecule has 0 radical (unpaired) electrons. The van der Waals surface area contributed by atoms with Crippen LogP contribution in [0.4, 0.5) is 0 Å². The van der Waals surface area contributed by atoms with Gasteiger partial charge in [0, 0.05) is 11.1 Å². The number of hydrazine groups is 1. The van der Waals surface area contributed by atoms with Gasteiger partial charge in [-0.1, -0.05) is 13.8 Å². The van der Waals surface area contributed by atoms with Gasteiger partial charge in [-0.15, -0.1) is 0 Å². The molecule has 8 heteroatoms. The normalized spacial score (nSPS) is 11.4. The van der Waals surface area contributed by atoms with Crippen molar-refractivity contribution in [2.75, 3.05) is 13.7 Å². The molecule has 2 rings (SSSR count). The molecule has 0 heterocycles. The molecule has 0 aromatic heterocycles. The molecule has 30 heavy (non-hydrogen) atoms. The Hall–Kier alpha value is -3.55. The fourth-order valence-corrected chi connectivity index (χ4v) is 2.64. The summed E-state index contributed by atoms with van der Waals surface area (Å²) in [6.45, 7) is 5.99. The minimum absolute atomic E-state index is 0.199. The Morgan fingerprint density at radius 2 is 1.37 bits per heavy atom. The van der Waals surface area contributed by atoms with Gasteiger partial charge in [-0.3, -0.25) is 25.2 Å². The number of hydrogen-bond donors (Lipinski definition) is 3. The number of hydrogen-bond acceptors (Lipinski definition) is 5. The average Bonchev–Trinajstić information content (AvgIpc) is 2.76. The van der Waals surface area contributed by atoms with E-state index in [1.807, 2.05) is 6.92 Å². The van der Waals surface area contributed by atoms with Gasteiger partial charge in [0.05, 0.1) is 13.7 Å². The van der Waals surface area contributed by atoms with Crippen molar-refractivity contribution in [1.82, 2.24) is 16.2 Å². The third-order valence-corrected chi connectivity index (χ3v) is 4.31. The van der Waals surface area contributed by atoms with Gasteiger partial charge in [-0.2, -0.15) is 0 Å². The summed E-state index contributed by atoms with van der Waals surface area (Å²) in [5.41, 5.74) is 5.50. The summed E-state index contributed by atoms with van der Waals surface area (Å²) in [4.78, 5) is 37.3. The van der Waals surface area contributed by atoms with E-state index in [4.69, 9.17) is 9.47 Å². The van der Waals surface area contributed by atoms with Crippen LogP contribution in [-0.4, -0.2) is 37.5 Å². The summed E-state index contributed by atoms with van der Waals surface area (Å²) in [7, 11) is 1.54. The molecule has 3 amide bonds. The van der Waals surface area contributed by atoms with Crippen LogP contribution in [0.25, 0.3) is 0 Å². The van der Waals surface area contributed by atoms with Gasteiger partial charge in [0.15, 0.2) is 0 Å². The standard InChI is InChI=1S/C22H27N3O5/c1-5-30-18-12-8-16(9-13-18)21(27)24-25-22(28)19(14(2)3)23-20(26)15-6-10-17(29-4)11-7-15/h6-14,19H,5H2,1-4H3,(H,23,26)(H,24,27)(H,25,28)/t19-/m0/s1. The van der Waals surface area contributed by atoms with E-state index in [-0.39, 0.29) is 5.92 Å². The zero-order valence-electron chi connectivity index (χ0n) is 17.5. The van der Waals surface area contributed by atoms with Gasteiger partial charge in [0.1, 0.15) is 17.5 Å². The van der Waals surface area contributed by atoms with Gasteiger partial charge < -0.3 is 14.8 Å². The Labute approximate surface area is 175 Å². The summed E-state index contributed by atoms with van der Waals surface area (Å²) in [5.74, 6) is -0.318. The maximum absolute atomic E-state index is 12.5. The van der Waals surface area contributed by atoms with Gasteiger partial charge in [0.2, 0.25) is 0 Å². The highest BCUT2D eigenvalue weighted by Crippen LogP contribution is 2.13. The lowest BCUT2D eigenvalue weighted by molar-refractivity contribution is -0.124. The fourth-order valence-electron chi connectivity index (χ4n) is 2.64. The molecule has 8 nitrogen and oxygen atoms in total. The van der Waals surface area contributed by atoms with Crippen LogP contribution in [0.2, 0.25) is 0 Å². The van der Waals surface area contributed by atoms with Crippen molar-refractivity contribution in [2.45, 2.75) is 26.8 Å². The van der Waals surface area contributed by atoms with Gasteiger partial charge in [-0.05, 0) is 61.4 Å².